The highest BCUT2D eigenvalue weighted by atomic mass is 32.1. The van der Waals surface area contributed by atoms with Crippen molar-refractivity contribution < 1.29 is 9.53 Å². The third-order valence-electron chi connectivity index (χ3n) is 3.72. The first-order valence-corrected chi connectivity index (χ1v) is 7.81. The van der Waals surface area contributed by atoms with Crippen LogP contribution in [0.25, 0.3) is 0 Å². The quantitative estimate of drug-likeness (QED) is 0.854. The van der Waals surface area contributed by atoms with Crippen LogP contribution >= 0.6 is 11.3 Å². The number of thiophene rings is 1. The number of anilines is 1. The first-order chi connectivity index (χ1) is 10.2. The van der Waals surface area contributed by atoms with Crippen LogP contribution in [0, 0.1) is 0 Å². The van der Waals surface area contributed by atoms with Crippen LogP contribution < -0.4 is 15.8 Å². The molecule has 1 heterocycles. The second kappa shape index (κ2) is 5.77. The van der Waals surface area contributed by atoms with Crippen LogP contribution in [0.4, 0.5) is 5.69 Å². The van der Waals surface area contributed by atoms with Gasteiger partial charge in [0.25, 0.3) is 5.91 Å². The summed E-state index contributed by atoms with van der Waals surface area (Å²) in [7, 11) is 1.57. The zero-order valence-electron chi connectivity index (χ0n) is 11.9. The van der Waals surface area contributed by atoms with Crippen LogP contribution in [-0.2, 0) is 19.4 Å². The summed E-state index contributed by atoms with van der Waals surface area (Å²) >= 11 is 1.80. The Balaban J connectivity index is 1.66. The first kappa shape index (κ1) is 13.9. The maximum absolute atomic E-state index is 12.2. The number of benzene rings is 1. The summed E-state index contributed by atoms with van der Waals surface area (Å²) in [5.74, 6) is 0.502. The Kier molecular flexibility index (Phi) is 3.84. The summed E-state index contributed by atoms with van der Waals surface area (Å²) < 4.78 is 5.08. The lowest BCUT2D eigenvalue weighted by Gasteiger charge is -2.08. The zero-order chi connectivity index (χ0) is 14.8. The number of nitrogens with one attached hydrogen (secondary N) is 1. The van der Waals surface area contributed by atoms with Gasteiger partial charge in [-0.05, 0) is 43.0 Å². The molecule has 1 aromatic carbocycles. The summed E-state index contributed by atoms with van der Waals surface area (Å²) in [6.07, 6.45) is 3.61. The Labute approximate surface area is 127 Å². The van der Waals surface area contributed by atoms with E-state index in [1.807, 2.05) is 0 Å². The van der Waals surface area contributed by atoms with E-state index in [1.165, 1.54) is 34.6 Å². The number of amides is 1. The van der Waals surface area contributed by atoms with Crippen molar-refractivity contribution in [1.82, 2.24) is 5.32 Å². The van der Waals surface area contributed by atoms with E-state index in [1.54, 1.807) is 36.6 Å². The van der Waals surface area contributed by atoms with Crippen molar-refractivity contribution in [3.05, 3.63) is 45.1 Å². The molecule has 21 heavy (non-hydrogen) atoms. The third-order valence-corrected chi connectivity index (χ3v) is 4.96. The predicted molar refractivity (Wildman–Crippen MR) is 84.9 cm³/mol. The Morgan fingerprint density at radius 3 is 2.95 bits per heavy atom. The summed E-state index contributed by atoms with van der Waals surface area (Å²) in [5, 5.41) is 2.93. The molecule has 0 fully saturated rings. The number of carbonyl (C=O) groups is 1. The molecule has 1 amide bonds. The molecule has 3 N–H and O–H groups in total. The van der Waals surface area contributed by atoms with E-state index in [4.69, 9.17) is 10.5 Å². The van der Waals surface area contributed by atoms with Crippen molar-refractivity contribution in [1.29, 1.82) is 0 Å². The summed E-state index contributed by atoms with van der Waals surface area (Å²) in [6.45, 7) is 0.558. The number of methoxy groups -OCH3 is 1. The molecular weight excluding hydrogens is 284 g/mol. The van der Waals surface area contributed by atoms with E-state index in [-0.39, 0.29) is 5.91 Å². The van der Waals surface area contributed by atoms with Crippen LogP contribution in [0.3, 0.4) is 0 Å². The van der Waals surface area contributed by atoms with Gasteiger partial charge in [0, 0.05) is 21.5 Å². The van der Waals surface area contributed by atoms with Crippen molar-refractivity contribution in [2.24, 2.45) is 0 Å². The number of rotatable bonds is 4. The average molecular weight is 302 g/mol. The molecular formula is C16H18N2O2S. The highest BCUT2D eigenvalue weighted by Gasteiger charge is 2.16. The molecule has 1 aromatic heterocycles. The summed E-state index contributed by atoms with van der Waals surface area (Å²) in [4.78, 5) is 14.9. The molecule has 3 rings (SSSR count). The van der Waals surface area contributed by atoms with Crippen molar-refractivity contribution >= 4 is 22.9 Å². The standard InChI is InChI=1S/C16H18N2O2S/c1-20-11-5-6-13(14(17)8-11)16(19)18-9-12-7-10-3-2-4-15(10)21-12/h5-8H,2-4,9,17H2,1H3,(H,18,19). The number of nitrogens with two attached hydrogens (primary N) is 1. The number of nitrogen functional groups attached to an aromatic ring is 1. The second-order valence-electron chi connectivity index (χ2n) is 5.15. The lowest BCUT2D eigenvalue weighted by molar-refractivity contribution is 0.0952. The van der Waals surface area contributed by atoms with E-state index >= 15 is 0 Å². The van der Waals surface area contributed by atoms with Gasteiger partial charge in [-0.15, -0.1) is 11.3 Å². The van der Waals surface area contributed by atoms with Crippen LogP contribution in [0.15, 0.2) is 24.3 Å². The molecule has 1 aliphatic carbocycles. The van der Waals surface area contributed by atoms with Gasteiger partial charge in [-0.2, -0.15) is 0 Å². The number of fused-ring (bicyclic) bond motifs is 1. The Bertz CT molecular complexity index is 657. The predicted octanol–water partition coefficient (Wildman–Crippen LogP) is 2.76. The second-order valence-corrected chi connectivity index (χ2v) is 6.37. The SMILES string of the molecule is COc1ccc(C(=O)NCc2cc3c(s2)CCC3)c(N)c1. The molecule has 0 unspecified atom stereocenters. The summed E-state index contributed by atoms with van der Waals surface area (Å²) in [5.41, 5.74) is 8.26. The zero-order valence-corrected chi connectivity index (χ0v) is 12.8. The Morgan fingerprint density at radius 2 is 2.24 bits per heavy atom. The van der Waals surface area contributed by atoms with Gasteiger partial charge >= 0.3 is 0 Å². The minimum Gasteiger partial charge on any atom is -0.497 e. The van der Waals surface area contributed by atoms with Crippen LogP contribution in [0.2, 0.25) is 0 Å². The van der Waals surface area contributed by atoms with Crippen LogP contribution in [0.1, 0.15) is 32.1 Å². The normalized spacial score (nSPS) is 13.0. The molecule has 4 nitrogen and oxygen atoms in total. The van der Waals surface area contributed by atoms with Crippen LogP contribution in [-0.4, -0.2) is 13.0 Å². The monoisotopic (exact) mass is 302 g/mol. The molecule has 0 saturated heterocycles. The largest absolute Gasteiger partial charge is 0.497 e. The smallest absolute Gasteiger partial charge is 0.253 e. The molecule has 0 bridgehead atoms. The maximum Gasteiger partial charge on any atom is 0.253 e. The van der Waals surface area contributed by atoms with Crippen molar-refractivity contribution in [2.75, 3.05) is 12.8 Å². The van der Waals surface area contributed by atoms with Gasteiger partial charge in [-0.3, -0.25) is 4.79 Å². The van der Waals surface area contributed by atoms with E-state index in [0.29, 0.717) is 23.5 Å². The molecule has 110 valence electrons. The lowest BCUT2D eigenvalue weighted by atomic mass is 10.1. The van der Waals surface area contributed by atoms with Gasteiger partial charge in [-0.1, -0.05) is 0 Å². The van der Waals surface area contributed by atoms with Crippen LogP contribution in [0.5, 0.6) is 5.75 Å². The first-order valence-electron chi connectivity index (χ1n) is 6.99. The van der Waals surface area contributed by atoms with E-state index < -0.39 is 0 Å². The number of hydrogen-bond acceptors (Lipinski definition) is 4. The topological polar surface area (TPSA) is 64.3 Å². The number of carbonyl (C=O) groups excluding carboxylic acids is 1. The number of ether oxygens (including phenoxy) is 1. The van der Waals surface area contributed by atoms with Gasteiger partial charge in [0.05, 0.1) is 19.2 Å². The lowest BCUT2D eigenvalue weighted by Crippen LogP contribution is -2.23. The highest BCUT2D eigenvalue weighted by molar-refractivity contribution is 7.12. The van der Waals surface area contributed by atoms with Gasteiger partial charge in [0.2, 0.25) is 0 Å². The maximum atomic E-state index is 12.2. The number of aryl methyl sites for hydroxylation is 2. The molecule has 2 aromatic rings. The molecule has 0 saturated carbocycles. The average Bonchev–Trinajstić information content (AvgIpc) is 3.05. The molecule has 0 radical (unpaired) electrons. The van der Waals surface area contributed by atoms with Crippen molar-refractivity contribution in [3.63, 3.8) is 0 Å². The molecule has 5 heteroatoms. The molecule has 0 spiro atoms. The highest BCUT2D eigenvalue weighted by Crippen LogP contribution is 2.30. The fourth-order valence-corrected chi connectivity index (χ4v) is 3.82. The minimum absolute atomic E-state index is 0.149. The van der Waals surface area contributed by atoms with Gasteiger partial charge in [-0.25, -0.2) is 0 Å². The fourth-order valence-electron chi connectivity index (χ4n) is 2.61. The Morgan fingerprint density at radius 1 is 1.38 bits per heavy atom. The minimum atomic E-state index is -0.149. The van der Waals surface area contributed by atoms with Gasteiger partial charge in [0.15, 0.2) is 0 Å². The third kappa shape index (κ3) is 2.88. The van der Waals surface area contributed by atoms with E-state index in [0.717, 1.165) is 0 Å². The molecule has 0 atom stereocenters. The molecule has 0 aliphatic heterocycles. The summed E-state index contributed by atoms with van der Waals surface area (Å²) in [6, 6.07) is 7.31. The van der Waals surface area contributed by atoms with Gasteiger partial charge in [0.1, 0.15) is 5.75 Å². The Hall–Kier alpha value is -2.01. The fraction of sp³-hybridized carbons (Fsp3) is 0.312. The van der Waals surface area contributed by atoms with Crippen molar-refractivity contribution in [3.8, 4) is 5.75 Å². The van der Waals surface area contributed by atoms with Crippen molar-refractivity contribution in [2.45, 2.75) is 25.8 Å². The van der Waals surface area contributed by atoms with E-state index in [9.17, 15) is 4.79 Å². The van der Waals surface area contributed by atoms with E-state index in [2.05, 4.69) is 11.4 Å². The molecule has 1 aliphatic rings. The van der Waals surface area contributed by atoms with Gasteiger partial charge < -0.3 is 15.8 Å². The number of hydrogen-bond donors (Lipinski definition) is 2.